The van der Waals surface area contributed by atoms with Gasteiger partial charge in [-0.3, -0.25) is 14.6 Å². The third-order valence-electron chi connectivity index (χ3n) is 4.73. The summed E-state index contributed by atoms with van der Waals surface area (Å²) in [7, 11) is 0. The lowest BCUT2D eigenvalue weighted by atomic mass is 10.1. The zero-order valence-electron chi connectivity index (χ0n) is 14.5. The fraction of sp³-hybridized carbons (Fsp3) is 0.190. The Kier molecular flexibility index (Phi) is 4.13. The van der Waals surface area contributed by atoms with Gasteiger partial charge < -0.3 is 10.2 Å². The van der Waals surface area contributed by atoms with Crippen molar-refractivity contribution in [3.63, 3.8) is 0 Å². The molecule has 1 aliphatic heterocycles. The standard InChI is InChI=1S/C21H19N3O2/c1-14(25)24-12-17-7-8-19(10-18(17)13-24)23-20(26)11-16-5-2-4-15-6-3-9-22-21(15)16/h2-10H,11-13H2,1H3,(H,23,26). The van der Waals surface area contributed by atoms with E-state index < -0.39 is 0 Å². The molecule has 130 valence electrons. The van der Waals surface area contributed by atoms with E-state index in [2.05, 4.69) is 10.3 Å². The number of hydrogen-bond donors (Lipinski definition) is 1. The number of nitrogens with one attached hydrogen (secondary N) is 1. The van der Waals surface area contributed by atoms with E-state index in [9.17, 15) is 9.59 Å². The number of fused-ring (bicyclic) bond motifs is 2. The first kappa shape index (κ1) is 16.3. The van der Waals surface area contributed by atoms with Crippen LogP contribution in [0.4, 0.5) is 5.69 Å². The number of carbonyl (C=O) groups excluding carboxylic acids is 2. The molecule has 1 N–H and O–H groups in total. The van der Waals surface area contributed by atoms with E-state index in [1.165, 1.54) is 0 Å². The summed E-state index contributed by atoms with van der Waals surface area (Å²) < 4.78 is 0. The van der Waals surface area contributed by atoms with Gasteiger partial charge in [-0.2, -0.15) is 0 Å². The quantitative estimate of drug-likeness (QED) is 0.792. The number of carbonyl (C=O) groups is 2. The van der Waals surface area contributed by atoms with Crippen molar-refractivity contribution in [2.45, 2.75) is 26.4 Å². The van der Waals surface area contributed by atoms with Gasteiger partial charge in [0.05, 0.1) is 11.9 Å². The molecule has 0 fully saturated rings. The van der Waals surface area contributed by atoms with Crippen molar-refractivity contribution >= 4 is 28.4 Å². The van der Waals surface area contributed by atoms with Crippen LogP contribution in [0.5, 0.6) is 0 Å². The average molecular weight is 345 g/mol. The predicted molar refractivity (Wildman–Crippen MR) is 100 cm³/mol. The van der Waals surface area contributed by atoms with Gasteiger partial charge in [0, 0.05) is 37.3 Å². The first-order valence-corrected chi connectivity index (χ1v) is 8.60. The normalized spacial score (nSPS) is 12.9. The smallest absolute Gasteiger partial charge is 0.228 e. The average Bonchev–Trinajstić information content (AvgIpc) is 3.06. The maximum atomic E-state index is 12.5. The Labute approximate surface area is 151 Å². The lowest BCUT2D eigenvalue weighted by molar-refractivity contribution is -0.129. The fourth-order valence-corrected chi connectivity index (χ4v) is 3.38. The van der Waals surface area contributed by atoms with Crippen LogP contribution in [0.3, 0.4) is 0 Å². The number of pyridine rings is 1. The van der Waals surface area contributed by atoms with Crippen molar-refractivity contribution in [1.29, 1.82) is 0 Å². The number of aromatic nitrogens is 1. The second-order valence-electron chi connectivity index (χ2n) is 6.58. The highest BCUT2D eigenvalue weighted by Crippen LogP contribution is 2.26. The van der Waals surface area contributed by atoms with Gasteiger partial charge in [0.15, 0.2) is 0 Å². The van der Waals surface area contributed by atoms with Crippen LogP contribution >= 0.6 is 0 Å². The summed E-state index contributed by atoms with van der Waals surface area (Å²) in [5.41, 5.74) is 4.74. The molecule has 0 bridgehead atoms. The van der Waals surface area contributed by atoms with Crippen molar-refractivity contribution in [3.8, 4) is 0 Å². The molecule has 5 heteroatoms. The lowest BCUT2D eigenvalue weighted by Gasteiger charge is -2.11. The molecule has 4 rings (SSSR count). The third kappa shape index (κ3) is 3.16. The Bertz CT molecular complexity index is 1010. The number of amides is 2. The Morgan fingerprint density at radius 1 is 1.08 bits per heavy atom. The van der Waals surface area contributed by atoms with Crippen LogP contribution in [0, 0.1) is 0 Å². The maximum Gasteiger partial charge on any atom is 0.228 e. The molecular weight excluding hydrogens is 326 g/mol. The summed E-state index contributed by atoms with van der Waals surface area (Å²) in [4.78, 5) is 30.2. The van der Waals surface area contributed by atoms with Gasteiger partial charge in [-0.05, 0) is 34.9 Å². The minimum atomic E-state index is -0.0791. The molecule has 0 atom stereocenters. The van der Waals surface area contributed by atoms with Crippen LogP contribution in [0.15, 0.2) is 54.7 Å². The Hall–Kier alpha value is -3.21. The molecule has 0 radical (unpaired) electrons. The summed E-state index contributed by atoms with van der Waals surface area (Å²) in [6.07, 6.45) is 2.01. The summed E-state index contributed by atoms with van der Waals surface area (Å²) in [6, 6.07) is 15.6. The molecule has 26 heavy (non-hydrogen) atoms. The van der Waals surface area contributed by atoms with E-state index in [-0.39, 0.29) is 18.2 Å². The second kappa shape index (κ2) is 6.59. The van der Waals surface area contributed by atoms with Crippen molar-refractivity contribution in [3.05, 3.63) is 71.4 Å². The molecule has 1 aliphatic rings. The molecule has 0 unspecified atom stereocenters. The summed E-state index contributed by atoms with van der Waals surface area (Å²) in [5, 5.41) is 3.99. The Morgan fingerprint density at radius 2 is 1.88 bits per heavy atom. The van der Waals surface area contributed by atoms with Crippen molar-refractivity contribution < 1.29 is 9.59 Å². The SMILES string of the molecule is CC(=O)N1Cc2ccc(NC(=O)Cc3cccc4cccnc34)cc2C1. The van der Waals surface area contributed by atoms with E-state index in [1.54, 1.807) is 18.0 Å². The monoisotopic (exact) mass is 345 g/mol. The molecule has 3 aromatic rings. The molecule has 2 amide bonds. The molecule has 0 spiro atoms. The van der Waals surface area contributed by atoms with E-state index in [1.807, 2.05) is 48.5 Å². The topological polar surface area (TPSA) is 62.3 Å². The van der Waals surface area contributed by atoms with E-state index in [0.717, 1.165) is 33.3 Å². The van der Waals surface area contributed by atoms with Crippen LogP contribution in [0.1, 0.15) is 23.6 Å². The Morgan fingerprint density at radius 3 is 2.73 bits per heavy atom. The van der Waals surface area contributed by atoms with Crippen LogP contribution < -0.4 is 5.32 Å². The zero-order chi connectivity index (χ0) is 18.1. The van der Waals surface area contributed by atoms with Crippen molar-refractivity contribution in [1.82, 2.24) is 9.88 Å². The van der Waals surface area contributed by atoms with Gasteiger partial charge in [0.25, 0.3) is 0 Å². The molecule has 0 saturated carbocycles. The number of benzene rings is 2. The number of rotatable bonds is 3. The summed E-state index contributed by atoms with van der Waals surface area (Å²) in [5.74, 6) is -0.0141. The predicted octanol–water partition coefficient (Wildman–Crippen LogP) is 3.28. The van der Waals surface area contributed by atoms with Crippen LogP contribution in [-0.2, 0) is 29.1 Å². The van der Waals surface area contributed by atoms with Crippen LogP contribution in [0.25, 0.3) is 10.9 Å². The molecular formula is C21H19N3O2. The molecule has 2 heterocycles. The number of hydrogen-bond acceptors (Lipinski definition) is 3. The van der Waals surface area contributed by atoms with E-state index >= 15 is 0 Å². The van der Waals surface area contributed by atoms with E-state index in [4.69, 9.17) is 0 Å². The first-order chi connectivity index (χ1) is 12.6. The fourth-order valence-electron chi connectivity index (χ4n) is 3.38. The van der Waals surface area contributed by atoms with Gasteiger partial charge in [-0.25, -0.2) is 0 Å². The lowest BCUT2D eigenvalue weighted by Crippen LogP contribution is -2.21. The number of nitrogens with zero attached hydrogens (tertiary/aromatic N) is 2. The molecule has 0 saturated heterocycles. The van der Waals surface area contributed by atoms with Gasteiger partial charge in [0.2, 0.25) is 11.8 Å². The van der Waals surface area contributed by atoms with Crippen molar-refractivity contribution in [2.75, 3.05) is 5.32 Å². The second-order valence-corrected chi connectivity index (χ2v) is 6.58. The molecule has 1 aromatic heterocycles. The summed E-state index contributed by atoms with van der Waals surface area (Å²) >= 11 is 0. The minimum absolute atomic E-state index is 0.0650. The molecule has 2 aromatic carbocycles. The van der Waals surface area contributed by atoms with E-state index in [0.29, 0.717) is 13.1 Å². The minimum Gasteiger partial charge on any atom is -0.334 e. The maximum absolute atomic E-state index is 12.5. The van der Waals surface area contributed by atoms with Crippen molar-refractivity contribution in [2.24, 2.45) is 0 Å². The molecule has 5 nitrogen and oxygen atoms in total. The van der Waals surface area contributed by atoms with Gasteiger partial charge in [-0.1, -0.05) is 30.3 Å². The highest BCUT2D eigenvalue weighted by atomic mass is 16.2. The van der Waals surface area contributed by atoms with Crippen LogP contribution in [-0.4, -0.2) is 21.7 Å². The third-order valence-corrected chi connectivity index (χ3v) is 4.73. The highest BCUT2D eigenvalue weighted by molar-refractivity contribution is 5.95. The number of para-hydroxylation sites is 1. The molecule has 0 aliphatic carbocycles. The van der Waals surface area contributed by atoms with Gasteiger partial charge in [-0.15, -0.1) is 0 Å². The van der Waals surface area contributed by atoms with Gasteiger partial charge in [0.1, 0.15) is 0 Å². The highest BCUT2D eigenvalue weighted by Gasteiger charge is 2.21. The Balaban J connectivity index is 1.49. The van der Waals surface area contributed by atoms with Crippen LogP contribution in [0.2, 0.25) is 0 Å². The largest absolute Gasteiger partial charge is 0.334 e. The zero-order valence-corrected chi connectivity index (χ0v) is 14.5. The summed E-state index contributed by atoms with van der Waals surface area (Å²) in [6.45, 7) is 2.81. The first-order valence-electron chi connectivity index (χ1n) is 8.60. The number of anilines is 1. The van der Waals surface area contributed by atoms with Gasteiger partial charge >= 0.3 is 0 Å².